The number of amides is 2. The highest BCUT2D eigenvalue weighted by Gasteiger charge is 2.07. The molecule has 0 saturated heterocycles. The van der Waals surface area contributed by atoms with E-state index in [4.69, 9.17) is 14.6 Å². The molecule has 0 aliphatic rings. The number of aliphatic carboxylic acids is 1. The highest BCUT2D eigenvalue weighted by atomic mass is 16.5. The standard InChI is InChI=1S/C14H18N2O6/c1-21-10-5-7-11(8-6-10)22-9-13(18)16-15-12(17)3-2-4-14(19)20/h5-8H,2-4,9H2,1H3,(H,15,17)(H,16,18)(H,19,20). The van der Waals surface area contributed by atoms with Crippen molar-refractivity contribution in [2.45, 2.75) is 19.3 Å². The number of carboxylic acid groups (broad SMARTS) is 1. The van der Waals surface area contributed by atoms with Crippen LogP contribution in [0.1, 0.15) is 19.3 Å². The van der Waals surface area contributed by atoms with Gasteiger partial charge in [-0.05, 0) is 30.7 Å². The van der Waals surface area contributed by atoms with Crippen molar-refractivity contribution >= 4 is 17.8 Å². The molecule has 120 valence electrons. The highest BCUT2D eigenvalue weighted by molar-refractivity contribution is 5.82. The van der Waals surface area contributed by atoms with Crippen LogP contribution in [0.2, 0.25) is 0 Å². The molecule has 8 nitrogen and oxygen atoms in total. The summed E-state index contributed by atoms with van der Waals surface area (Å²) in [5.41, 5.74) is 4.36. The Labute approximate surface area is 127 Å². The number of carboxylic acids is 1. The third kappa shape index (κ3) is 7.13. The van der Waals surface area contributed by atoms with Crippen LogP contribution in [0, 0.1) is 0 Å². The van der Waals surface area contributed by atoms with Crippen molar-refractivity contribution in [3.8, 4) is 11.5 Å². The second-order valence-corrected chi connectivity index (χ2v) is 4.31. The molecule has 0 atom stereocenters. The molecule has 0 bridgehead atoms. The molecule has 0 saturated carbocycles. The van der Waals surface area contributed by atoms with Crippen LogP contribution >= 0.6 is 0 Å². The van der Waals surface area contributed by atoms with Gasteiger partial charge >= 0.3 is 5.97 Å². The summed E-state index contributed by atoms with van der Waals surface area (Å²) in [4.78, 5) is 33.0. The number of hydrogen-bond donors (Lipinski definition) is 3. The minimum Gasteiger partial charge on any atom is -0.497 e. The minimum absolute atomic E-state index is 0.0198. The van der Waals surface area contributed by atoms with Gasteiger partial charge in [-0.2, -0.15) is 0 Å². The van der Waals surface area contributed by atoms with Crippen molar-refractivity contribution in [2.75, 3.05) is 13.7 Å². The summed E-state index contributed by atoms with van der Waals surface area (Å²) in [5, 5.41) is 8.43. The molecule has 0 heterocycles. The van der Waals surface area contributed by atoms with Crippen LogP contribution in [0.5, 0.6) is 11.5 Å². The Hall–Kier alpha value is -2.77. The van der Waals surface area contributed by atoms with E-state index in [1.807, 2.05) is 0 Å². The zero-order valence-electron chi connectivity index (χ0n) is 12.1. The van der Waals surface area contributed by atoms with E-state index in [0.29, 0.717) is 11.5 Å². The molecule has 1 rings (SSSR count). The van der Waals surface area contributed by atoms with Crippen molar-refractivity contribution in [1.29, 1.82) is 0 Å². The Morgan fingerprint density at radius 1 is 1.00 bits per heavy atom. The highest BCUT2D eigenvalue weighted by Crippen LogP contribution is 2.16. The number of carbonyl (C=O) groups excluding carboxylic acids is 2. The molecule has 22 heavy (non-hydrogen) atoms. The summed E-state index contributed by atoms with van der Waals surface area (Å²) in [7, 11) is 1.54. The van der Waals surface area contributed by atoms with Crippen molar-refractivity contribution in [3.63, 3.8) is 0 Å². The van der Waals surface area contributed by atoms with Gasteiger partial charge in [-0.25, -0.2) is 0 Å². The summed E-state index contributed by atoms with van der Waals surface area (Å²) in [6.07, 6.45) is 0.132. The maximum atomic E-state index is 11.5. The molecule has 1 aromatic carbocycles. The zero-order chi connectivity index (χ0) is 16.4. The van der Waals surface area contributed by atoms with Crippen molar-refractivity contribution in [3.05, 3.63) is 24.3 Å². The fraction of sp³-hybridized carbons (Fsp3) is 0.357. The molecule has 0 radical (unpaired) electrons. The normalized spacial score (nSPS) is 9.68. The first-order valence-electron chi connectivity index (χ1n) is 6.57. The molecular weight excluding hydrogens is 292 g/mol. The molecule has 2 amide bonds. The van der Waals surface area contributed by atoms with Crippen LogP contribution in [0.4, 0.5) is 0 Å². The van der Waals surface area contributed by atoms with Crippen molar-refractivity contribution in [2.24, 2.45) is 0 Å². The van der Waals surface area contributed by atoms with Gasteiger partial charge in [-0.1, -0.05) is 0 Å². The summed E-state index contributed by atoms with van der Waals surface area (Å²) >= 11 is 0. The Morgan fingerprint density at radius 3 is 2.18 bits per heavy atom. The molecule has 0 aliphatic carbocycles. The third-order valence-corrected chi connectivity index (χ3v) is 2.57. The van der Waals surface area contributed by atoms with Crippen LogP contribution in [0.3, 0.4) is 0 Å². The van der Waals surface area contributed by atoms with Crippen LogP contribution in [0.15, 0.2) is 24.3 Å². The van der Waals surface area contributed by atoms with Gasteiger partial charge in [-0.3, -0.25) is 25.2 Å². The smallest absolute Gasteiger partial charge is 0.303 e. The monoisotopic (exact) mass is 310 g/mol. The second-order valence-electron chi connectivity index (χ2n) is 4.31. The Kier molecular flexibility index (Phi) is 7.24. The zero-order valence-corrected chi connectivity index (χ0v) is 12.1. The minimum atomic E-state index is -0.968. The fourth-order valence-corrected chi connectivity index (χ4v) is 1.46. The van der Waals surface area contributed by atoms with Gasteiger partial charge in [0.05, 0.1) is 7.11 Å². The lowest BCUT2D eigenvalue weighted by atomic mass is 10.2. The van der Waals surface area contributed by atoms with E-state index in [1.54, 1.807) is 31.4 Å². The first kappa shape index (κ1) is 17.3. The third-order valence-electron chi connectivity index (χ3n) is 2.57. The average molecular weight is 310 g/mol. The number of nitrogens with one attached hydrogen (secondary N) is 2. The van der Waals surface area contributed by atoms with Crippen LogP contribution in [-0.4, -0.2) is 36.6 Å². The van der Waals surface area contributed by atoms with Crippen LogP contribution < -0.4 is 20.3 Å². The number of hydrogen-bond acceptors (Lipinski definition) is 5. The average Bonchev–Trinajstić information content (AvgIpc) is 2.51. The first-order valence-corrected chi connectivity index (χ1v) is 6.57. The maximum Gasteiger partial charge on any atom is 0.303 e. The first-order chi connectivity index (χ1) is 10.5. The largest absolute Gasteiger partial charge is 0.497 e. The number of benzene rings is 1. The quantitative estimate of drug-likeness (QED) is 0.602. The number of ether oxygens (including phenoxy) is 2. The second kappa shape index (κ2) is 9.22. The van der Waals surface area contributed by atoms with E-state index in [-0.39, 0.29) is 25.9 Å². The van der Waals surface area contributed by atoms with E-state index < -0.39 is 17.8 Å². The van der Waals surface area contributed by atoms with Crippen molar-refractivity contribution < 1.29 is 29.0 Å². The predicted molar refractivity (Wildman–Crippen MR) is 76.3 cm³/mol. The van der Waals surface area contributed by atoms with Crippen LogP contribution in [0.25, 0.3) is 0 Å². The molecule has 0 aliphatic heterocycles. The van der Waals surface area contributed by atoms with E-state index in [1.165, 1.54) is 0 Å². The Bertz CT molecular complexity index is 515. The van der Waals surface area contributed by atoms with E-state index in [2.05, 4.69) is 10.9 Å². The van der Waals surface area contributed by atoms with E-state index in [0.717, 1.165) is 0 Å². The Morgan fingerprint density at radius 2 is 1.59 bits per heavy atom. The number of rotatable bonds is 8. The summed E-state index contributed by atoms with van der Waals surface area (Å²) in [6, 6.07) is 6.68. The number of carbonyl (C=O) groups is 3. The topological polar surface area (TPSA) is 114 Å². The lowest BCUT2D eigenvalue weighted by Gasteiger charge is -2.09. The molecule has 0 aromatic heterocycles. The number of hydrazine groups is 1. The SMILES string of the molecule is COc1ccc(OCC(=O)NNC(=O)CCCC(=O)O)cc1. The van der Waals surface area contributed by atoms with Gasteiger partial charge in [0.25, 0.3) is 5.91 Å². The van der Waals surface area contributed by atoms with Gasteiger partial charge in [0.15, 0.2) is 6.61 Å². The van der Waals surface area contributed by atoms with E-state index >= 15 is 0 Å². The lowest BCUT2D eigenvalue weighted by molar-refractivity contribution is -0.137. The molecule has 0 fully saturated rings. The molecule has 0 unspecified atom stereocenters. The molecule has 3 N–H and O–H groups in total. The fourth-order valence-electron chi connectivity index (χ4n) is 1.46. The predicted octanol–water partition coefficient (Wildman–Crippen LogP) is 0.476. The van der Waals surface area contributed by atoms with Gasteiger partial charge in [-0.15, -0.1) is 0 Å². The molecule has 8 heteroatoms. The van der Waals surface area contributed by atoms with Gasteiger partial charge in [0, 0.05) is 12.8 Å². The summed E-state index contributed by atoms with van der Waals surface area (Å²) < 4.78 is 10.2. The van der Waals surface area contributed by atoms with Crippen molar-refractivity contribution in [1.82, 2.24) is 10.9 Å². The molecular formula is C14H18N2O6. The summed E-state index contributed by atoms with van der Waals surface area (Å²) in [6.45, 7) is -0.262. The number of methoxy groups -OCH3 is 1. The van der Waals surface area contributed by atoms with E-state index in [9.17, 15) is 14.4 Å². The molecule has 0 spiro atoms. The lowest BCUT2D eigenvalue weighted by Crippen LogP contribution is -2.43. The Balaban J connectivity index is 2.19. The molecule has 1 aromatic rings. The van der Waals surface area contributed by atoms with Crippen LogP contribution in [-0.2, 0) is 14.4 Å². The van der Waals surface area contributed by atoms with Gasteiger partial charge in [0.2, 0.25) is 5.91 Å². The summed E-state index contributed by atoms with van der Waals surface area (Å²) in [5.74, 6) is -0.791. The van der Waals surface area contributed by atoms with Gasteiger partial charge < -0.3 is 14.6 Å². The maximum absolute atomic E-state index is 11.5. The van der Waals surface area contributed by atoms with Gasteiger partial charge in [0.1, 0.15) is 11.5 Å².